The molecule has 0 spiro atoms. The molecule has 23 heavy (non-hydrogen) atoms. The summed E-state index contributed by atoms with van der Waals surface area (Å²) in [6.07, 6.45) is 1.18. The Bertz CT molecular complexity index is 641. The van der Waals surface area contributed by atoms with E-state index in [1.54, 1.807) is 11.3 Å². The molecule has 1 aliphatic heterocycles. The van der Waals surface area contributed by atoms with E-state index in [1.807, 2.05) is 14.0 Å². The van der Waals surface area contributed by atoms with Crippen LogP contribution in [0.3, 0.4) is 0 Å². The minimum Gasteiger partial charge on any atom is -0.350 e. The lowest BCUT2D eigenvalue weighted by Crippen LogP contribution is -2.39. The first-order valence-corrected chi connectivity index (χ1v) is 8.56. The Hall–Kier alpha value is -1.15. The Morgan fingerprint density at radius 2 is 2.17 bits per heavy atom. The maximum absolute atomic E-state index is 4.49. The van der Waals surface area contributed by atoms with Crippen LogP contribution in [-0.2, 0) is 6.54 Å². The fourth-order valence-corrected chi connectivity index (χ4v) is 3.63. The predicted octanol–water partition coefficient (Wildman–Crippen LogP) is 3.63. The number of hydrogen-bond acceptors (Lipinski definition) is 3. The third-order valence-electron chi connectivity index (χ3n) is 4.03. The number of aromatic nitrogens is 1. The first-order chi connectivity index (χ1) is 10.8. The Morgan fingerprint density at radius 1 is 1.39 bits per heavy atom. The number of thiazole rings is 1. The van der Waals surface area contributed by atoms with Crippen molar-refractivity contribution in [2.45, 2.75) is 25.8 Å². The average Bonchev–Trinajstić information content (AvgIpc) is 3.18. The van der Waals surface area contributed by atoms with Gasteiger partial charge in [-0.05, 0) is 18.9 Å². The molecule has 1 fully saturated rings. The highest BCUT2D eigenvalue weighted by molar-refractivity contribution is 14.0. The van der Waals surface area contributed by atoms with E-state index in [9.17, 15) is 0 Å². The molecule has 0 aliphatic carbocycles. The number of aliphatic imine (C=N–C) groups is 1. The van der Waals surface area contributed by atoms with Gasteiger partial charge in [0.2, 0.25) is 0 Å². The smallest absolute Gasteiger partial charge is 0.194 e. The molecule has 6 heteroatoms. The molecule has 4 nitrogen and oxygen atoms in total. The van der Waals surface area contributed by atoms with Gasteiger partial charge in [0.05, 0.1) is 6.54 Å². The first kappa shape index (κ1) is 18.2. The van der Waals surface area contributed by atoms with E-state index in [1.165, 1.54) is 12.0 Å². The number of hydrogen-bond donors (Lipinski definition) is 1. The van der Waals surface area contributed by atoms with E-state index < -0.39 is 0 Å². The van der Waals surface area contributed by atoms with Crippen molar-refractivity contribution in [2.24, 2.45) is 4.99 Å². The normalized spacial score (nSPS) is 17.9. The topological polar surface area (TPSA) is 40.5 Å². The number of rotatable bonds is 3. The average molecular weight is 442 g/mol. The third-order valence-corrected chi connectivity index (χ3v) is 5.00. The molecule has 1 N–H and O–H groups in total. The molecule has 1 saturated heterocycles. The van der Waals surface area contributed by atoms with Crippen LogP contribution in [0.2, 0.25) is 0 Å². The molecule has 0 bridgehead atoms. The molecule has 2 aromatic rings. The van der Waals surface area contributed by atoms with Crippen LogP contribution in [0.25, 0.3) is 0 Å². The van der Waals surface area contributed by atoms with Crippen LogP contribution < -0.4 is 5.32 Å². The number of nitrogens with one attached hydrogen (secondary N) is 1. The van der Waals surface area contributed by atoms with Gasteiger partial charge in [0, 0.05) is 37.1 Å². The minimum atomic E-state index is 0. The van der Waals surface area contributed by atoms with E-state index in [0.29, 0.717) is 5.92 Å². The summed E-state index contributed by atoms with van der Waals surface area (Å²) in [6, 6.07) is 10.8. The molecule has 2 heterocycles. The molecule has 0 radical (unpaired) electrons. The van der Waals surface area contributed by atoms with Crippen LogP contribution in [0.5, 0.6) is 0 Å². The van der Waals surface area contributed by atoms with Gasteiger partial charge >= 0.3 is 0 Å². The minimum absolute atomic E-state index is 0. The standard InChI is InChI=1S/C17H22N4S.HI/c1-13-12-22-16(20-13)10-19-17(18-2)21-9-8-15(11-21)14-6-4-3-5-7-14;/h3-7,12,15H,8-11H2,1-2H3,(H,18,19);1H. The molecular formula is C17H23IN4S. The number of halogens is 1. The third kappa shape index (κ3) is 4.67. The molecule has 1 unspecified atom stereocenters. The zero-order valence-corrected chi connectivity index (χ0v) is 16.7. The van der Waals surface area contributed by atoms with Crippen molar-refractivity contribution in [1.29, 1.82) is 0 Å². The lowest BCUT2D eigenvalue weighted by atomic mass is 9.99. The Kier molecular flexibility index (Phi) is 6.83. The lowest BCUT2D eigenvalue weighted by molar-refractivity contribution is 0.485. The van der Waals surface area contributed by atoms with Crippen molar-refractivity contribution in [1.82, 2.24) is 15.2 Å². The second kappa shape index (κ2) is 8.63. The van der Waals surface area contributed by atoms with Gasteiger partial charge in [-0.3, -0.25) is 4.99 Å². The van der Waals surface area contributed by atoms with Gasteiger partial charge in [-0.2, -0.15) is 0 Å². The van der Waals surface area contributed by atoms with Gasteiger partial charge in [0.25, 0.3) is 0 Å². The van der Waals surface area contributed by atoms with Crippen molar-refractivity contribution < 1.29 is 0 Å². The second-order valence-electron chi connectivity index (χ2n) is 5.63. The highest BCUT2D eigenvalue weighted by Crippen LogP contribution is 2.26. The Morgan fingerprint density at radius 3 is 2.83 bits per heavy atom. The van der Waals surface area contributed by atoms with Crippen LogP contribution in [0.1, 0.15) is 28.6 Å². The van der Waals surface area contributed by atoms with Gasteiger partial charge in [-0.25, -0.2) is 4.98 Å². The fourth-order valence-electron chi connectivity index (χ4n) is 2.92. The maximum atomic E-state index is 4.49. The van der Waals surface area contributed by atoms with Crippen LogP contribution >= 0.6 is 35.3 Å². The van der Waals surface area contributed by atoms with E-state index in [0.717, 1.165) is 36.3 Å². The molecule has 1 aliphatic rings. The van der Waals surface area contributed by atoms with Gasteiger partial charge < -0.3 is 10.2 Å². The molecule has 1 aromatic carbocycles. The van der Waals surface area contributed by atoms with Crippen molar-refractivity contribution in [2.75, 3.05) is 20.1 Å². The SMILES string of the molecule is CN=C(NCc1nc(C)cs1)N1CCC(c2ccccc2)C1.I. The fraction of sp³-hybridized carbons (Fsp3) is 0.412. The van der Waals surface area contributed by atoms with Gasteiger partial charge in [0.15, 0.2) is 5.96 Å². The molecular weight excluding hydrogens is 419 g/mol. The van der Waals surface area contributed by atoms with Crippen LogP contribution in [0, 0.1) is 6.92 Å². The lowest BCUT2D eigenvalue weighted by Gasteiger charge is -2.21. The number of benzene rings is 1. The molecule has 0 saturated carbocycles. The summed E-state index contributed by atoms with van der Waals surface area (Å²) in [6.45, 7) is 4.86. The summed E-state index contributed by atoms with van der Waals surface area (Å²) in [5.41, 5.74) is 2.51. The number of aryl methyl sites for hydroxylation is 1. The summed E-state index contributed by atoms with van der Waals surface area (Å²) < 4.78 is 0. The summed E-state index contributed by atoms with van der Waals surface area (Å²) in [4.78, 5) is 11.3. The predicted molar refractivity (Wildman–Crippen MR) is 108 cm³/mol. The van der Waals surface area contributed by atoms with E-state index >= 15 is 0 Å². The highest BCUT2D eigenvalue weighted by atomic mass is 127. The van der Waals surface area contributed by atoms with Crippen LogP contribution in [-0.4, -0.2) is 36.0 Å². The monoisotopic (exact) mass is 442 g/mol. The van der Waals surface area contributed by atoms with Crippen molar-refractivity contribution in [3.05, 3.63) is 52.0 Å². The summed E-state index contributed by atoms with van der Waals surface area (Å²) in [7, 11) is 1.85. The maximum Gasteiger partial charge on any atom is 0.194 e. The second-order valence-corrected chi connectivity index (χ2v) is 6.57. The first-order valence-electron chi connectivity index (χ1n) is 7.68. The highest BCUT2D eigenvalue weighted by Gasteiger charge is 2.25. The molecule has 124 valence electrons. The zero-order chi connectivity index (χ0) is 15.4. The summed E-state index contributed by atoms with van der Waals surface area (Å²) >= 11 is 1.69. The Labute approximate surface area is 159 Å². The quantitative estimate of drug-likeness (QED) is 0.449. The largest absolute Gasteiger partial charge is 0.350 e. The summed E-state index contributed by atoms with van der Waals surface area (Å²) in [5, 5.41) is 6.63. The Balaban J connectivity index is 0.00000192. The molecule has 1 aromatic heterocycles. The number of nitrogens with zero attached hydrogens (tertiary/aromatic N) is 3. The van der Waals surface area contributed by atoms with Gasteiger partial charge in [-0.15, -0.1) is 35.3 Å². The van der Waals surface area contributed by atoms with Gasteiger partial charge in [-0.1, -0.05) is 30.3 Å². The van der Waals surface area contributed by atoms with E-state index in [2.05, 4.69) is 55.9 Å². The zero-order valence-electron chi connectivity index (χ0n) is 13.5. The van der Waals surface area contributed by atoms with Crippen LogP contribution in [0.4, 0.5) is 0 Å². The number of guanidine groups is 1. The van der Waals surface area contributed by atoms with E-state index in [4.69, 9.17) is 0 Å². The van der Waals surface area contributed by atoms with Gasteiger partial charge in [0.1, 0.15) is 5.01 Å². The molecule has 3 rings (SSSR count). The van der Waals surface area contributed by atoms with E-state index in [-0.39, 0.29) is 24.0 Å². The molecule has 0 amide bonds. The van der Waals surface area contributed by atoms with Crippen molar-refractivity contribution in [3.8, 4) is 0 Å². The number of likely N-dealkylation sites (tertiary alicyclic amines) is 1. The summed E-state index contributed by atoms with van der Waals surface area (Å²) in [5.74, 6) is 1.58. The van der Waals surface area contributed by atoms with Crippen molar-refractivity contribution >= 4 is 41.3 Å². The molecule has 1 atom stereocenters. The van der Waals surface area contributed by atoms with Crippen molar-refractivity contribution in [3.63, 3.8) is 0 Å². The van der Waals surface area contributed by atoms with Crippen LogP contribution in [0.15, 0.2) is 40.7 Å².